The Morgan fingerprint density at radius 3 is 2.24 bits per heavy atom. The van der Waals surface area contributed by atoms with Crippen molar-refractivity contribution in [1.29, 1.82) is 0 Å². The molecule has 0 aromatic rings. The molecular weight excluding hydrogens is 250 g/mol. The molecule has 0 aliphatic carbocycles. The molecule has 0 aliphatic heterocycles. The average molecular weight is 266 g/mol. The SMILES string of the molecule is CCOC(=O)CC(NC(=O)CCl)C(=O)OCC. The predicted octanol–water partition coefficient (Wildman–Crippen LogP) is 0.226. The maximum atomic E-state index is 11.4. The first-order valence-electron chi connectivity index (χ1n) is 5.22. The van der Waals surface area contributed by atoms with Crippen molar-refractivity contribution in [2.75, 3.05) is 19.1 Å². The summed E-state index contributed by atoms with van der Waals surface area (Å²) in [4.78, 5) is 33.7. The van der Waals surface area contributed by atoms with Gasteiger partial charge in [0.1, 0.15) is 11.9 Å². The summed E-state index contributed by atoms with van der Waals surface area (Å²) in [5.41, 5.74) is 0. The van der Waals surface area contributed by atoms with Gasteiger partial charge in [-0.2, -0.15) is 0 Å². The lowest BCUT2D eigenvalue weighted by atomic mass is 10.2. The standard InChI is InChI=1S/C10H16ClNO5/c1-3-16-9(14)5-7(10(15)17-4-2)12-8(13)6-11/h7H,3-6H2,1-2H3,(H,12,13). The predicted molar refractivity (Wildman–Crippen MR) is 60.5 cm³/mol. The van der Waals surface area contributed by atoms with E-state index in [9.17, 15) is 14.4 Å². The smallest absolute Gasteiger partial charge is 0.329 e. The third-order valence-electron chi connectivity index (χ3n) is 1.70. The fourth-order valence-corrected chi connectivity index (χ4v) is 1.13. The number of hydrogen-bond acceptors (Lipinski definition) is 5. The number of halogens is 1. The summed E-state index contributed by atoms with van der Waals surface area (Å²) < 4.78 is 9.41. The van der Waals surface area contributed by atoms with Crippen molar-refractivity contribution in [3.63, 3.8) is 0 Å². The Morgan fingerprint density at radius 2 is 1.76 bits per heavy atom. The highest BCUT2D eigenvalue weighted by Crippen LogP contribution is 1.99. The molecule has 0 aromatic carbocycles. The number of carbonyl (C=O) groups excluding carboxylic acids is 3. The number of carbonyl (C=O) groups is 3. The summed E-state index contributed by atoms with van der Waals surface area (Å²) in [6.07, 6.45) is -0.269. The fraction of sp³-hybridized carbons (Fsp3) is 0.700. The van der Waals surface area contributed by atoms with Crippen LogP contribution in [0.4, 0.5) is 0 Å². The molecule has 0 heterocycles. The maximum absolute atomic E-state index is 11.4. The quantitative estimate of drug-likeness (QED) is 0.526. The number of nitrogens with one attached hydrogen (secondary N) is 1. The molecule has 1 N–H and O–H groups in total. The molecule has 1 atom stereocenters. The van der Waals surface area contributed by atoms with E-state index >= 15 is 0 Å². The Labute approximate surface area is 105 Å². The minimum atomic E-state index is -1.06. The number of amides is 1. The molecule has 7 heteroatoms. The van der Waals surface area contributed by atoms with E-state index in [2.05, 4.69) is 10.1 Å². The van der Waals surface area contributed by atoms with Crippen LogP contribution in [0.1, 0.15) is 20.3 Å². The van der Waals surface area contributed by atoms with Crippen molar-refractivity contribution in [2.45, 2.75) is 26.3 Å². The van der Waals surface area contributed by atoms with Gasteiger partial charge in [0.05, 0.1) is 19.6 Å². The Balaban J connectivity index is 4.44. The Morgan fingerprint density at radius 1 is 1.18 bits per heavy atom. The van der Waals surface area contributed by atoms with Crippen LogP contribution in [0, 0.1) is 0 Å². The van der Waals surface area contributed by atoms with Gasteiger partial charge in [0.25, 0.3) is 0 Å². The summed E-state index contributed by atoms with van der Waals surface area (Å²) in [6, 6.07) is -1.06. The van der Waals surface area contributed by atoms with Gasteiger partial charge in [0.15, 0.2) is 0 Å². The van der Waals surface area contributed by atoms with Gasteiger partial charge >= 0.3 is 11.9 Å². The average Bonchev–Trinajstić information content (AvgIpc) is 2.28. The van der Waals surface area contributed by atoms with Crippen LogP contribution >= 0.6 is 11.6 Å². The van der Waals surface area contributed by atoms with Gasteiger partial charge in [-0.25, -0.2) is 4.79 Å². The number of rotatable bonds is 7. The van der Waals surface area contributed by atoms with Gasteiger partial charge < -0.3 is 14.8 Å². The van der Waals surface area contributed by atoms with E-state index < -0.39 is 23.9 Å². The van der Waals surface area contributed by atoms with Gasteiger partial charge in [-0.1, -0.05) is 0 Å². The van der Waals surface area contributed by atoms with Crippen LogP contribution in [0.5, 0.6) is 0 Å². The van der Waals surface area contributed by atoms with Gasteiger partial charge in [-0.15, -0.1) is 11.6 Å². The van der Waals surface area contributed by atoms with Crippen LogP contribution in [-0.4, -0.2) is 43.0 Å². The van der Waals surface area contributed by atoms with Gasteiger partial charge in [-0.05, 0) is 13.8 Å². The Kier molecular flexibility index (Phi) is 8.13. The van der Waals surface area contributed by atoms with E-state index in [0.717, 1.165) is 0 Å². The van der Waals surface area contributed by atoms with E-state index in [1.165, 1.54) is 0 Å². The summed E-state index contributed by atoms with van der Waals surface area (Å²) in [5, 5.41) is 2.29. The highest BCUT2D eigenvalue weighted by molar-refractivity contribution is 6.27. The van der Waals surface area contributed by atoms with Crippen molar-refractivity contribution in [1.82, 2.24) is 5.32 Å². The molecule has 0 spiro atoms. The molecule has 6 nitrogen and oxygen atoms in total. The molecule has 0 aliphatic rings. The second kappa shape index (κ2) is 8.81. The highest BCUT2D eigenvalue weighted by atomic mass is 35.5. The fourth-order valence-electron chi connectivity index (χ4n) is 1.06. The van der Waals surface area contributed by atoms with Crippen LogP contribution in [0.3, 0.4) is 0 Å². The molecule has 0 saturated heterocycles. The molecule has 0 radical (unpaired) electrons. The van der Waals surface area contributed by atoms with Crippen molar-refractivity contribution < 1.29 is 23.9 Å². The molecule has 17 heavy (non-hydrogen) atoms. The maximum Gasteiger partial charge on any atom is 0.329 e. The van der Waals surface area contributed by atoms with Crippen LogP contribution in [0.2, 0.25) is 0 Å². The lowest BCUT2D eigenvalue weighted by Gasteiger charge is -2.15. The van der Waals surface area contributed by atoms with Crippen LogP contribution in [-0.2, 0) is 23.9 Å². The first-order chi connectivity index (χ1) is 8.04. The molecule has 98 valence electrons. The summed E-state index contributed by atoms with van der Waals surface area (Å²) in [6.45, 7) is 3.64. The minimum Gasteiger partial charge on any atom is -0.466 e. The van der Waals surface area contributed by atoms with E-state index in [1.807, 2.05) is 0 Å². The number of alkyl halides is 1. The van der Waals surface area contributed by atoms with Crippen molar-refractivity contribution >= 4 is 29.4 Å². The third-order valence-corrected chi connectivity index (χ3v) is 1.95. The molecule has 0 fully saturated rings. The monoisotopic (exact) mass is 265 g/mol. The van der Waals surface area contributed by atoms with Crippen LogP contribution in [0.15, 0.2) is 0 Å². The lowest BCUT2D eigenvalue weighted by Crippen LogP contribution is -2.44. The van der Waals surface area contributed by atoms with Crippen LogP contribution in [0.25, 0.3) is 0 Å². The van der Waals surface area contributed by atoms with Crippen molar-refractivity contribution in [3.05, 3.63) is 0 Å². The summed E-state index contributed by atoms with van der Waals surface area (Å²) >= 11 is 5.30. The largest absolute Gasteiger partial charge is 0.466 e. The number of hydrogen-bond donors (Lipinski definition) is 1. The normalized spacial score (nSPS) is 11.5. The Hall–Kier alpha value is -1.30. The molecule has 0 aromatic heterocycles. The number of esters is 2. The van der Waals surface area contributed by atoms with E-state index in [1.54, 1.807) is 13.8 Å². The molecular formula is C10H16ClNO5. The summed E-state index contributed by atoms with van der Waals surface area (Å²) in [7, 11) is 0. The lowest BCUT2D eigenvalue weighted by molar-refractivity contribution is -0.153. The van der Waals surface area contributed by atoms with Crippen LogP contribution < -0.4 is 5.32 Å². The van der Waals surface area contributed by atoms with Crippen molar-refractivity contribution in [2.24, 2.45) is 0 Å². The Bertz CT molecular complexity index is 282. The van der Waals surface area contributed by atoms with E-state index in [0.29, 0.717) is 0 Å². The first-order valence-corrected chi connectivity index (χ1v) is 5.76. The molecule has 1 unspecified atom stereocenters. The molecule has 0 saturated carbocycles. The topological polar surface area (TPSA) is 81.7 Å². The molecule has 0 rings (SSSR count). The highest BCUT2D eigenvalue weighted by Gasteiger charge is 2.25. The second-order valence-corrected chi connectivity index (χ2v) is 3.28. The zero-order chi connectivity index (χ0) is 13.3. The number of ether oxygens (including phenoxy) is 2. The first kappa shape index (κ1) is 15.7. The van der Waals surface area contributed by atoms with Gasteiger partial charge in [0, 0.05) is 0 Å². The van der Waals surface area contributed by atoms with E-state index in [-0.39, 0.29) is 25.5 Å². The van der Waals surface area contributed by atoms with E-state index in [4.69, 9.17) is 16.3 Å². The minimum absolute atomic E-state index is 0.162. The third kappa shape index (κ3) is 6.78. The molecule has 1 amide bonds. The van der Waals surface area contributed by atoms with Crippen molar-refractivity contribution in [3.8, 4) is 0 Å². The van der Waals surface area contributed by atoms with Gasteiger partial charge in [-0.3, -0.25) is 9.59 Å². The second-order valence-electron chi connectivity index (χ2n) is 3.01. The summed E-state index contributed by atoms with van der Waals surface area (Å²) in [5.74, 6) is -2.10. The van der Waals surface area contributed by atoms with Gasteiger partial charge in [0.2, 0.25) is 5.91 Å². The zero-order valence-electron chi connectivity index (χ0n) is 9.82. The zero-order valence-corrected chi connectivity index (χ0v) is 10.6. The molecule has 0 bridgehead atoms.